The summed E-state index contributed by atoms with van der Waals surface area (Å²) in [5.41, 5.74) is -1.41. The zero-order valence-corrected chi connectivity index (χ0v) is 9.14. The standard InChI is InChI=1S/C9H16F3NO3/c1-3-8(4-2,7(15)16)13-5-6(14)9(10,11)12/h6,13-14H,3-5H2,1-2H3,(H,15,16). The van der Waals surface area contributed by atoms with Gasteiger partial charge in [-0.3, -0.25) is 10.1 Å². The summed E-state index contributed by atoms with van der Waals surface area (Å²) in [6.45, 7) is 2.30. The Labute approximate surface area is 91.5 Å². The fourth-order valence-electron chi connectivity index (χ4n) is 1.29. The van der Waals surface area contributed by atoms with Crippen LogP contribution in [-0.4, -0.2) is 40.5 Å². The van der Waals surface area contributed by atoms with Gasteiger partial charge in [-0.05, 0) is 12.8 Å². The van der Waals surface area contributed by atoms with Crippen LogP contribution in [0.3, 0.4) is 0 Å². The molecule has 0 aliphatic heterocycles. The predicted molar refractivity (Wildman–Crippen MR) is 51.0 cm³/mol. The van der Waals surface area contributed by atoms with Gasteiger partial charge in [0.15, 0.2) is 6.10 Å². The van der Waals surface area contributed by atoms with Crippen LogP contribution in [0, 0.1) is 0 Å². The van der Waals surface area contributed by atoms with Crippen molar-refractivity contribution in [1.29, 1.82) is 0 Å². The SMILES string of the molecule is CCC(CC)(NCC(O)C(F)(F)F)C(=O)O. The topological polar surface area (TPSA) is 69.6 Å². The molecule has 1 unspecified atom stereocenters. The third-order valence-electron chi connectivity index (χ3n) is 2.63. The first-order valence-corrected chi connectivity index (χ1v) is 4.92. The van der Waals surface area contributed by atoms with Gasteiger partial charge in [0.2, 0.25) is 0 Å². The van der Waals surface area contributed by atoms with Crippen molar-refractivity contribution in [3.05, 3.63) is 0 Å². The molecule has 0 rings (SSSR count). The highest BCUT2D eigenvalue weighted by molar-refractivity contribution is 5.78. The molecule has 0 aromatic heterocycles. The van der Waals surface area contributed by atoms with Gasteiger partial charge in [-0.15, -0.1) is 0 Å². The van der Waals surface area contributed by atoms with Crippen molar-refractivity contribution in [3.8, 4) is 0 Å². The maximum absolute atomic E-state index is 12.0. The van der Waals surface area contributed by atoms with Crippen LogP contribution in [0.15, 0.2) is 0 Å². The third-order valence-corrected chi connectivity index (χ3v) is 2.63. The lowest BCUT2D eigenvalue weighted by Crippen LogP contribution is -2.55. The van der Waals surface area contributed by atoms with E-state index in [0.29, 0.717) is 0 Å². The Morgan fingerprint density at radius 2 is 1.75 bits per heavy atom. The van der Waals surface area contributed by atoms with Crippen molar-refractivity contribution in [2.45, 2.75) is 44.5 Å². The minimum atomic E-state index is -4.74. The smallest absolute Gasteiger partial charge is 0.415 e. The molecule has 0 aliphatic carbocycles. The lowest BCUT2D eigenvalue weighted by Gasteiger charge is -2.29. The molecule has 1 atom stereocenters. The van der Waals surface area contributed by atoms with Crippen LogP contribution < -0.4 is 5.32 Å². The first-order valence-electron chi connectivity index (χ1n) is 4.92. The van der Waals surface area contributed by atoms with Gasteiger partial charge in [-0.1, -0.05) is 13.8 Å². The second kappa shape index (κ2) is 5.49. The fraction of sp³-hybridized carbons (Fsp3) is 0.889. The second-order valence-corrected chi connectivity index (χ2v) is 3.53. The van der Waals surface area contributed by atoms with E-state index in [1.807, 2.05) is 0 Å². The van der Waals surface area contributed by atoms with Crippen molar-refractivity contribution in [2.75, 3.05) is 6.54 Å². The van der Waals surface area contributed by atoms with E-state index in [0.717, 1.165) is 0 Å². The minimum absolute atomic E-state index is 0.142. The fourth-order valence-corrected chi connectivity index (χ4v) is 1.29. The van der Waals surface area contributed by atoms with Crippen molar-refractivity contribution in [2.24, 2.45) is 0 Å². The summed E-state index contributed by atoms with van der Waals surface area (Å²) in [6, 6.07) is 0. The van der Waals surface area contributed by atoms with Crippen LogP contribution in [0.2, 0.25) is 0 Å². The number of aliphatic hydroxyl groups excluding tert-OH is 1. The summed E-state index contributed by atoms with van der Waals surface area (Å²) in [4.78, 5) is 10.9. The Balaban J connectivity index is 4.51. The maximum Gasteiger partial charge on any atom is 0.415 e. The molecular weight excluding hydrogens is 227 g/mol. The molecule has 4 nitrogen and oxygen atoms in total. The number of hydrogen-bond donors (Lipinski definition) is 3. The monoisotopic (exact) mass is 243 g/mol. The molecule has 96 valence electrons. The number of nitrogens with one attached hydrogen (secondary N) is 1. The molecule has 16 heavy (non-hydrogen) atoms. The zero-order valence-electron chi connectivity index (χ0n) is 9.14. The summed E-state index contributed by atoms with van der Waals surface area (Å²) in [6.07, 6.45) is -7.00. The summed E-state index contributed by atoms with van der Waals surface area (Å²) >= 11 is 0. The molecule has 3 N–H and O–H groups in total. The van der Waals surface area contributed by atoms with Crippen LogP contribution in [0.1, 0.15) is 26.7 Å². The highest BCUT2D eigenvalue weighted by atomic mass is 19.4. The molecule has 0 aliphatic rings. The third kappa shape index (κ3) is 3.64. The van der Waals surface area contributed by atoms with Crippen LogP contribution in [0.25, 0.3) is 0 Å². The Morgan fingerprint density at radius 1 is 1.31 bits per heavy atom. The van der Waals surface area contributed by atoms with E-state index in [-0.39, 0.29) is 12.8 Å². The Bertz CT molecular complexity index is 239. The van der Waals surface area contributed by atoms with Gasteiger partial charge in [0.1, 0.15) is 5.54 Å². The van der Waals surface area contributed by atoms with Gasteiger partial charge < -0.3 is 10.2 Å². The van der Waals surface area contributed by atoms with Crippen molar-refractivity contribution in [1.82, 2.24) is 5.32 Å². The molecule has 0 saturated carbocycles. The van der Waals surface area contributed by atoms with E-state index < -0.39 is 30.3 Å². The first kappa shape index (κ1) is 15.2. The van der Waals surface area contributed by atoms with Gasteiger partial charge in [0, 0.05) is 6.54 Å². The Hall–Kier alpha value is -0.820. The second-order valence-electron chi connectivity index (χ2n) is 3.53. The summed E-state index contributed by atoms with van der Waals surface area (Å²) in [5.74, 6) is -1.22. The number of carboxylic acid groups (broad SMARTS) is 1. The summed E-state index contributed by atoms with van der Waals surface area (Å²) in [5, 5.41) is 19.9. The molecule has 0 saturated heterocycles. The number of carboxylic acids is 1. The number of β-amino-alcohol motifs (C(OH)–C–C–N with tert-alkyl or cyclic N) is 1. The number of halogens is 3. The van der Waals surface area contributed by atoms with E-state index in [9.17, 15) is 18.0 Å². The zero-order chi connectivity index (χ0) is 13.0. The molecule has 0 fully saturated rings. The van der Waals surface area contributed by atoms with E-state index >= 15 is 0 Å². The van der Waals surface area contributed by atoms with Crippen LogP contribution >= 0.6 is 0 Å². The molecular formula is C9H16F3NO3. The van der Waals surface area contributed by atoms with Crippen LogP contribution in [0.4, 0.5) is 13.2 Å². The lowest BCUT2D eigenvalue weighted by molar-refractivity contribution is -0.203. The van der Waals surface area contributed by atoms with Gasteiger partial charge in [0.25, 0.3) is 0 Å². The Kier molecular flexibility index (Phi) is 5.21. The van der Waals surface area contributed by atoms with Gasteiger partial charge >= 0.3 is 12.1 Å². The molecule has 0 bridgehead atoms. The van der Waals surface area contributed by atoms with Crippen LogP contribution in [-0.2, 0) is 4.79 Å². The minimum Gasteiger partial charge on any atom is -0.480 e. The highest BCUT2D eigenvalue weighted by Gasteiger charge is 2.41. The number of carbonyl (C=O) groups is 1. The maximum atomic E-state index is 12.0. The lowest BCUT2D eigenvalue weighted by atomic mass is 9.93. The molecule has 7 heteroatoms. The van der Waals surface area contributed by atoms with Crippen LogP contribution in [0.5, 0.6) is 0 Å². The van der Waals surface area contributed by atoms with Gasteiger partial charge in [-0.25, -0.2) is 0 Å². The molecule has 0 aromatic carbocycles. The number of aliphatic carboxylic acids is 1. The molecule has 0 spiro atoms. The summed E-state index contributed by atoms with van der Waals surface area (Å²) < 4.78 is 36.0. The highest BCUT2D eigenvalue weighted by Crippen LogP contribution is 2.21. The number of aliphatic hydroxyl groups is 1. The number of alkyl halides is 3. The molecule has 0 aromatic rings. The Morgan fingerprint density at radius 3 is 2.00 bits per heavy atom. The molecule has 0 amide bonds. The molecule has 0 heterocycles. The first-order chi connectivity index (χ1) is 7.19. The van der Waals surface area contributed by atoms with Crippen molar-refractivity contribution < 1.29 is 28.2 Å². The average Bonchev–Trinajstić information content (AvgIpc) is 2.17. The summed E-state index contributed by atoms with van der Waals surface area (Å²) in [7, 11) is 0. The van der Waals surface area contributed by atoms with Gasteiger partial charge in [0.05, 0.1) is 0 Å². The van der Waals surface area contributed by atoms with E-state index in [2.05, 4.69) is 5.32 Å². The van der Waals surface area contributed by atoms with Gasteiger partial charge in [-0.2, -0.15) is 13.2 Å². The van der Waals surface area contributed by atoms with Crippen molar-refractivity contribution in [3.63, 3.8) is 0 Å². The van der Waals surface area contributed by atoms with E-state index in [4.69, 9.17) is 10.2 Å². The van der Waals surface area contributed by atoms with Crippen molar-refractivity contribution >= 4 is 5.97 Å². The van der Waals surface area contributed by atoms with E-state index in [1.165, 1.54) is 0 Å². The largest absolute Gasteiger partial charge is 0.480 e. The quantitative estimate of drug-likeness (QED) is 0.654. The number of rotatable bonds is 6. The average molecular weight is 243 g/mol. The normalized spacial score (nSPS) is 14.9. The number of hydrogen-bond acceptors (Lipinski definition) is 3. The van der Waals surface area contributed by atoms with E-state index in [1.54, 1.807) is 13.8 Å². The molecule has 0 radical (unpaired) electrons. The predicted octanol–water partition coefficient (Wildman–Crippen LogP) is 1.14.